The maximum Gasteiger partial charge on any atom is 0.277 e. The van der Waals surface area contributed by atoms with E-state index < -0.39 is 43.8 Å². The van der Waals surface area contributed by atoms with Crippen molar-refractivity contribution in [2.24, 2.45) is 5.92 Å². The fourth-order valence-corrected chi connectivity index (χ4v) is 15.5. The molecule has 2 unspecified atom stereocenters. The molecule has 9 rings (SSSR count). The van der Waals surface area contributed by atoms with E-state index in [0.717, 1.165) is 53.6 Å². The molecular formula is C65H75N5O12S3. The number of carbonyl (C=O) groups is 6. The van der Waals surface area contributed by atoms with Crippen molar-refractivity contribution in [1.29, 1.82) is 0 Å². The molecule has 5 aromatic rings. The van der Waals surface area contributed by atoms with Crippen molar-refractivity contribution in [3.8, 4) is 17.2 Å². The number of rotatable bonds is 25. The van der Waals surface area contributed by atoms with Crippen molar-refractivity contribution in [2.75, 3.05) is 36.4 Å². The third-order valence-corrected chi connectivity index (χ3v) is 21.7. The van der Waals surface area contributed by atoms with E-state index in [0.29, 0.717) is 70.1 Å². The molecule has 17 nitrogen and oxygen atoms in total. The van der Waals surface area contributed by atoms with Crippen molar-refractivity contribution in [2.45, 2.75) is 153 Å². The average Bonchev–Trinajstić information content (AvgIpc) is 1.84. The lowest BCUT2D eigenvalue weighted by Gasteiger charge is -2.26. The fourth-order valence-electron chi connectivity index (χ4n) is 11.5. The molecule has 0 radical (unpaired) electrons. The zero-order valence-corrected chi connectivity index (χ0v) is 52.3. The van der Waals surface area contributed by atoms with Crippen LogP contribution in [0.2, 0.25) is 0 Å². The summed E-state index contributed by atoms with van der Waals surface area (Å²) in [5.74, 6) is -1.04. The van der Waals surface area contributed by atoms with Crippen LogP contribution in [-0.2, 0) is 66.0 Å². The van der Waals surface area contributed by atoms with Crippen LogP contribution in [0.15, 0.2) is 91.0 Å². The number of benzene rings is 5. The molecule has 4 aliphatic heterocycles. The lowest BCUT2D eigenvalue weighted by atomic mass is 9.99. The minimum atomic E-state index is -4.04. The van der Waals surface area contributed by atoms with Crippen LogP contribution >= 0.6 is 21.6 Å². The van der Waals surface area contributed by atoms with Crippen LogP contribution in [0.25, 0.3) is 0 Å². The van der Waals surface area contributed by atoms with Gasteiger partial charge in [0.05, 0.1) is 25.9 Å². The Kier molecular flexibility index (Phi) is 19.4. The number of aryl methyl sites for hydroxylation is 2. The first-order chi connectivity index (χ1) is 40.5. The molecule has 0 spiro atoms. The first kappa shape index (κ1) is 62.5. The summed E-state index contributed by atoms with van der Waals surface area (Å²) < 4.78 is 50.0. The molecule has 85 heavy (non-hydrogen) atoms. The minimum Gasteiger partial charge on any atom is -0.493 e. The number of methoxy groups -OCH3 is 1. The highest BCUT2D eigenvalue weighted by atomic mass is 33.1. The maximum atomic E-state index is 14.2. The number of carbonyl (C=O) groups excluding carboxylic acids is 6. The van der Waals surface area contributed by atoms with Gasteiger partial charge in [-0.15, -0.1) is 0 Å². The van der Waals surface area contributed by atoms with Crippen LogP contribution in [0.1, 0.15) is 134 Å². The lowest BCUT2D eigenvalue weighted by molar-refractivity contribution is -0.401. The normalized spacial score (nSPS) is 17.5. The van der Waals surface area contributed by atoms with Crippen molar-refractivity contribution in [3.05, 3.63) is 136 Å². The van der Waals surface area contributed by atoms with Gasteiger partial charge in [-0.05, 0) is 148 Å². The number of nitrogens with zero attached hydrogens (tertiary/aromatic N) is 3. The molecule has 0 aliphatic carbocycles. The Labute approximate surface area is 506 Å². The summed E-state index contributed by atoms with van der Waals surface area (Å²) in [6, 6.07) is 27.7. The Bertz CT molecular complexity index is 3590. The maximum absolute atomic E-state index is 14.2. The van der Waals surface area contributed by atoms with E-state index in [1.54, 1.807) is 39.0 Å². The zero-order chi connectivity index (χ0) is 61.1. The first-order valence-corrected chi connectivity index (χ1v) is 32.5. The number of Topliss-reactive ketones (excluding diaryl/α,β-unsaturated/α-hetero) is 2. The van der Waals surface area contributed by atoms with Gasteiger partial charge in [0.25, 0.3) is 16.0 Å². The molecule has 0 bridgehead atoms. The van der Waals surface area contributed by atoms with E-state index >= 15 is 0 Å². The highest BCUT2D eigenvalue weighted by Gasteiger charge is 2.39. The van der Waals surface area contributed by atoms with Crippen LogP contribution < -0.4 is 34.6 Å². The summed E-state index contributed by atoms with van der Waals surface area (Å²) >= 11 is 0. The Balaban J connectivity index is 0.873. The van der Waals surface area contributed by atoms with Crippen LogP contribution in [0.5, 0.6) is 17.2 Å². The predicted molar refractivity (Wildman–Crippen MR) is 333 cm³/mol. The van der Waals surface area contributed by atoms with E-state index in [1.165, 1.54) is 28.7 Å². The molecule has 450 valence electrons. The summed E-state index contributed by atoms with van der Waals surface area (Å²) in [6.07, 6.45) is 6.97. The third-order valence-electron chi connectivity index (χ3n) is 16.2. The SMILES string of the molecule is CCC(=O)C(CC(C)SSC(C)(C)CCC(=O)N[C@@H](C)C(=O)C[C@H](C)C(=O)Nc1cc(COc2cc3c(cc2C)C(=O)N2c4ccccc4C[C@H]2[C-]=[N+]3C)cc(COc2cc3c(cc2OC)C(=O)N2c4ccccc4C[C@H]2CC3)c1)S(=O)(=O)OC. The molecule has 0 aromatic heterocycles. The van der Waals surface area contributed by atoms with Gasteiger partial charge in [-0.25, -0.2) is 0 Å². The minimum absolute atomic E-state index is 0.0428. The van der Waals surface area contributed by atoms with Gasteiger partial charge in [0, 0.05) is 81.7 Å². The second kappa shape index (κ2) is 26.3. The van der Waals surface area contributed by atoms with Crippen molar-refractivity contribution < 1.29 is 60.2 Å². The van der Waals surface area contributed by atoms with E-state index in [4.69, 9.17) is 14.2 Å². The lowest BCUT2D eigenvalue weighted by Crippen LogP contribution is -2.40. The Morgan fingerprint density at radius 1 is 0.800 bits per heavy atom. The number of fused-ring (bicyclic) bond motifs is 8. The van der Waals surface area contributed by atoms with Crippen molar-refractivity contribution >= 4 is 95.9 Å². The van der Waals surface area contributed by atoms with Gasteiger partial charge in [-0.3, -0.25) is 33.0 Å². The summed E-state index contributed by atoms with van der Waals surface area (Å²) in [5.41, 5.74) is 9.24. The summed E-state index contributed by atoms with van der Waals surface area (Å²) in [7, 11) is 3.37. The second-order valence-electron chi connectivity index (χ2n) is 23.1. The predicted octanol–water partition coefficient (Wildman–Crippen LogP) is 10.6. The Hall–Kier alpha value is -7.00. The molecular weight excluding hydrogens is 1140 g/mol. The standard InChI is InChI=1S/C65H75N5O12S3/c1-11-55(71)60(85(77,78)80-10)26-40(4)83-84-65(6,7)23-22-61(73)66-41(5)56(72)25-39(3)62(74)67-47-28-42(36-81-57-34-54-51(24-38(57)2)64(76)70-49(35-68(54)8)31-46-17-13-15-19-53(46)70)27-43(29-47)37-82-59-32-44-20-21-48-30-45-16-12-14-18-52(45)69(48)63(75)50(44)33-58(59)79-9/h12-19,24,27-29,32-34,39-41,48-49,60H,11,20-23,25-26,30-31,36-37H2,1-10H3,(H,66,73)(H,67,74)/t39-,40?,41-,48+,49-,60?/m0/s1. The number of ketones is 2. The largest absolute Gasteiger partial charge is 0.493 e. The molecule has 5 aromatic carbocycles. The molecule has 0 saturated carbocycles. The second-order valence-corrected chi connectivity index (χ2v) is 28.4. The number of hydrogen-bond acceptors (Lipinski definition) is 14. The summed E-state index contributed by atoms with van der Waals surface area (Å²) in [6.45, 7) is 12.7. The number of amides is 4. The van der Waals surface area contributed by atoms with E-state index in [-0.39, 0.29) is 79.7 Å². The molecule has 0 fully saturated rings. The van der Waals surface area contributed by atoms with Gasteiger partial charge in [0.15, 0.2) is 23.1 Å². The van der Waals surface area contributed by atoms with Gasteiger partial charge >= 0.3 is 0 Å². The third kappa shape index (κ3) is 14.1. The molecule has 4 amide bonds. The number of para-hydroxylation sites is 2. The molecule has 20 heteroatoms. The highest BCUT2D eigenvalue weighted by molar-refractivity contribution is 8.77. The molecule has 4 heterocycles. The fraction of sp³-hybridized carbons (Fsp3) is 0.431. The monoisotopic (exact) mass is 1210 g/mol. The summed E-state index contributed by atoms with van der Waals surface area (Å²) in [4.78, 5) is 85.5. The molecule has 0 saturated heterocycles. The van der Waals surface area contributed by atoms with Gasteiger partial charge in [-0.1, -0.05) is 84.8 Å². The van der Waals surface area contributed by atoms with E-state index in [1.807, 2.05) is 116 Å². The smallest absolute Gasteiger partial charge is 0.277 e. The Morgan fingerprint density at radius 2 is 1.45 bits per heavy atom. The highest BCUT2D eigenvalue weighted by Crippen LogP contribution is 2.44. The van der Waals surface area contributed by atoms with Crippen molar-refractivity contribution in [1.82, 2.24) is 5.32 Å². The average molecular weight is 1210 g/mol. The Morgan fingerprint density at radius 3 is 2.12 bits per heavy atom. The quantitative estimate of drug-likeness (QED) is 0.0241. The summed E-state index contributed by atoms with van der Waals surface area (Å²) in [5, 5.41) is 4.35. The van der Waals surface area contributed by atoms with E-state index in [9.17, 15) is 37.2 Å². The van der Waals surface area contributed by atoms with Gasteiger partial charge in [0.2, 0.25) is 17.7 Å². The molecule has 6 atom stereocenters. The zero-order valence-electron chi connectivity index (χ0n) is 49.9. The molecule has 2 N–H and O–H groups in total. The van der Waals surface area contributed by atoms with Crippen LogP contribution in [-0.4, -0.2) is 109 Å². The van der Waals surface area contributed by atoms with Gasteiger partial charge in [0.1, 0.15) is 31.3 Å². The van der Waals surface area contributed by atoms with Crippen LogP contribution in [0.3, 0.4) is 0 Å². The number of anilines is 3. The van der Waals surface area contributed by atoms with Crippen molar-refractivity contribution in [3.63, 3.8) is 0 Å². The van der Waals surface area contributed by atoms with Gasteiger partial charge in [-0.2, -0.15) is 8.42 Å². The van der Waals surface area contributed by atoms with Crippen LogP contribution in [0, 0.1) is 12.8 Å². The topological polar surface area (TPSA) is 207 Å². The van der Waals surface area contributed by atoms with Gasteiger partial charge < -0.3 is 39.2 Å². The number of hydrogen-bond donors (Lipinski definition) is 2. The first-order valence-electron chi connectivity index (χ1n) is 28.8. The van der Waals surface area contributed by atoms with E-state index in [2.05, 4.69) is 27.1 Å². The number of ether oxygens (including phenoxy) is 3. The number of nitrogens with one attached hydrogen (secondary N) is 2. The van der Waals surface area contributed by atoms with Crippen LogP contribution in [0.4, 0.5) is 22.7 Å². The molecule has 4 aliphatic rings.